The van der Waals surface area contributed by atoms with Gasteiger partial charge in [0.05, 0.1) is 165 Å². The maximum Gasteiger partial charge on any atom is 0.0701 e. The number of rotatable bonds is 56. The highest BCUT2D eigenvalue weighted by Gasteiger charge is 1.99. The molecule has 0 aromatic carbocycles. The van der Waals surface area contributed by atoms with Gasteiger partial charge in [-0.25, -0.2) is 0 Å². The van der Waals surface area contributed by atoms with Gasteiger partial charge >= 0.3 is 0 Å². The topological polar surface area (TPSA) is 123 Å². The molecule has 60 heavy (non-hydrogen) atoms. The number of unbranched alkanes of at least 4 members (excludes halogenated alkanes) is 15. The van der Waals surface area contributed by atoms with Gasteiger partial charge in [-0.1, -0.05) is 103 Å². The molecule has 0 N–H and O–H groups in total. The lowest BCUT2D eigenvalue weighted by atomic mass is 10.0. The fourth-order valence-corrected chi connectivity index (χ4v) is 5.74. The van der Waals surface area contributed by atoms with Crippen LogP contribution in [0.2, 0.25) is 0 Å². The predicted molar refractivity (Wildman–Crippen MR) is 239 cm³/mol. The summed E-state index contributed by atoms with van der Waals surface area (Å²) in [5.41, 5.74) is 0. The largest absolute Gasteiger partial charge is 0.379 e. The summed E-state index contributed by atoms with van der Waals surface area (Å²) < 4.78 is 71.9. The molecule has 0 rings (SSSR count). The van der Waals surface area contributed by atoms with Gasteiger partial charge in [-0.3, -0.25) is 0 Å². The van der Waals surface area contributed by atoms with Crippen LogP contribution in [0.4, 0.5) is 0 Å². The molecule has 14 heteroatoms. The van der Waals surface area contributed by atoms with Gasteiger partial charge in [-0.2, -0.15) is 0 Å². The molecule has 0 bridgehead atoms. The van der Waals surface area contributed by atoms with Crippen LogP contribution < -0.4 is 0 Å². The maximum absolute atomic E-state index is 5.70. The van der Waals surface area contributed by atoms with Gasteiger partial charge in [0, 0.05) is 13.2 Å². The first kappa shape index (κ1) is 59.4. The van der Waals surface area contributed by atoms with Crippen LogP contribution in [0, 0.1) is 0 Å². The van der Waals surface area contributed by atoms with E-state index in [4.69, 9.17) is 61.6 Å². The van der Waals surface area contributed by atoms with E-state index in [0.717, 1.165) is 26.2 Å². The van der Waals surface area contributed by atoms with E-state index in [2.05, 4.69) is 11.8 Å². The standard InChI is InChI=1S/C46H95NO13/c1-4-5-6-7-8-9-10-11-12-13-14-15-16-17-18-19-21-48-23-25-50-27-29-52-31-33-54-35-37-56-39-41-58-43-45-60-46-44-59-42-40-57-38-36-55-34-32-53-30-28-51-26-24-49-22-20-47(2)3/h4-46H2,1-3H3. The van der Waals surface area contributed by atoms with Gasteiger partial charge in [0.1, 0.15) is 0 Å². The minimum absolute atomic E-state index is 0.515. The zero-order chi connectivity index (χ0) is 43.2. The molecule has 0 fully saturated rings. The third kappa shape index (κ3) is 57.4. The Labute approximate surface area is 367 Å². The van der Waals surface area contributed by atoms with E-state index in [1.165, 1.54) is 96.3 Å². The van der Waals surface area contributed by atoms with Crippen LogP contribution in [0.3, 0.4) is 0 Å². The maximum atomic E-state index is 5.70. The minimum Gasteiger partial charge on any atom is -0.379 e. The van der Waals surface area contributed by atoms with Crippen LogP contribution in [0.1, 0.15) is 110 Å². The second-order valence-electron chi connectivity index (χ2n) is 15.1. The minimum atomic E-state index is 0.515. The Morgan fingerprint density at radius 3 is 0.567 bits per heavy atom. The van der Waals surface area contributed by atoms with Gasteiger partial charge < -0.3 is 66.5 Å². The molecule has 0 aliphatic carbocycles. The summed E-state index contributed by atoms with van der Waals surface area (Å²) in [6.45, 7) is 17.8. The number of likely N-dealkylation sites (N-methyl/N-ethyl adjacent to an activating group) is 1. The number of ether oxygens (including phenoxy) is 13. The highest BCUT2D eigenvalue weighted by Crippen LogP contribution is 2.13. The smallest absolute Gasteiger partial charge is 0.0701 e. The molecule has 0 aliphatic rings. The average Bonchev–Trinajstić information content (AvgIpc) is 3.25. The third-order valence-corrected chi connectivity index (χ3v) is 9.29. The van der Waals surface area contributed by atoms with Gasteiger partial charge in [0.2, 0.25) is 0 Å². The second-order valence-corrected chi connectivity index (χ2v) is 15.1. The van der Waals surface area contributed by atoms with E-state index < -0.39 is 0 Å². The van der Waals surface area contributed by atoms with Gasteiger partial charge in [0.25, 0.3) is 0 Å². The monoisotopic (exact) mass is 870 g/mol. The lowest BCUT2D eigenvalue weighted by Crippen LogP contribution is -2.19. The summed E-state index contributed by atoms with van der Waals surface area (Å²) in [6.07, 6.45) is 22.2. The third-order valence-electron chi connectivity index (χ3n) is 9.29. The van der Waals surface area contributed by atoms with Crippen molar-refractivity contribution in [3.8, 4) is 0 Å². The van der Waals surface area contributed by atoms with E-state index >= 15 is 0 Å². The summed E-state index contributed by atoms with van der Waals surface area (Å²) in [5.74, 6) is 0. The Bertz CT molecular complexity index is 744. The highest BCUT2D eigenvalue weighted by atomic mass is 16.6. The predicted octanol–water partition coefficient (Wildman–Crippen LogP) is 7.03. The van der Waals surface area contributed by atoms with Crippen molar-refractivity contribution in [2.45, 2.75) is 110 Å². The first-order valence-electron chi connectivity index (χ1n) is 23.9. The molecule has 0 atom stereocenters. The van der Waals surface area contributed by atoms with Crippen molar-refractivity contribution >= 4 is 0 Å². The van der Waals surface area contributed by atoms with Crippen molar-refractivity contribution in [3.63, 3.8) is 0 Å². The van der Waals surface area contributed by atoms with Crippen LogP contribution in [-0.2, 0) is 61.6 Å². The molecule has 0 unspecified atom stereocenters. The molecule has 362 valence electrons. The second kappa shape index (κ2) is 56.5. The number of nitrogens with zero attached hydrogens (tertiary/aromatic N) is 1. The Hall–Kier alpha value is -0.560. The zero-order valence-corrected chi connectivity index (χ0v) is 39.2. The van der Waals surface area contributed by atoms with Gasteiger partial charge in [-0.05, 0) is 20.5 Å². The van der Waals surface area contributed by atoms with Crippen molar-refractivity contribution in [1.29, 1.82) is 0 Å². The number of hydrogen-bond donors (Lipinski definition) is 0. The van der Waals surface area contributed by atoms with Crippen molar-refractivity contribution in [3.05, 3.63) is 0 Å². The van der Waals surface area contributed by atoms with Crippen molar-refractivity contribution in [1.82, 2.24) is 4.90 Å². The Kier molecular flexibility index (Phi) is 55.9. The molecule has 0 aromatic heterocycles. The first-order valence-corrected chi connectivity index (χ1v) is 23.9. The van der Waals surface area contributed by atoms with Crippen molar-refractivity contribution in [2.24, 2.45) is 0 Å². The molecule has 0 aromatic rings. The summed E-state index contributed by atoms with van der Waals surface area (Å²) in [7, 11) is 4.05. The van der Waals surface area contributed by atoms with E-state index in [1.807, 2.05) is 14.1 Å². The quantitative estimate of drug-likeness (QED) is 0.0582. The van der Waals surface area contributed by atoms with Crippen LogP contribution in [0.25, 0.3) is 0 Å². The molecule has 0 saturated carbocycles. The van der Waals surface area contributed by atoms with Gasteiger partial charge in [0.15, 0.2) is 0 Å². The van der Waals surface area contributed by atoms with Crippen LogP contribution in [0.5, 0.6) is 0 Å². The number of hydrogen-bond acceptors (Lipinski definition) is 14. The van der Waals surface area contributed by atoms with Crippen LogP contribution in [0.15, 0.2) is 0 Å². The van der Waals surface area contributed by atoms with Crippen LogP contribution >= 0.6 is 0 Å². The normalized spacial score (nSPS) is 11.8. The van der Waals surface area contributed by atoms with E-state index in [0.29, 0.717) is 159 Å². The Morgan fingerprint density at radius 1 is 0.200 bits per heavy atom. The average molecular weight is 870 g/mol. The van der Waals surface area contributed by atoms with Gasteiger partial charge in [-0.15, -0.1) is 0 Å². The van der Waals surface area contributed by atoms with Crippen LogP contribution in [-0.4, -0.2) is 197 Å². The summed E-state index contributed by atoms with van der Waals surface area (Å²) in [4.78, 5) is 2.09. The Balaban J connectivity index is 3.06. The fraction of sp³-hybridized carbons (Fsp3) is 1.00. The SMILES string of the molecule is CCCCCCCCCCCCCCCCCCOCCOCCOCCOCCOCCOCCOCCOCCOCCOCCOCCOCCOCCN(C)C. The lowest BCUT2D eigenvalue weighted by molar-refractivity contribution is -0.0291. The molecule has 0 aliphatic heterocycles. The summed E-state index contributed by atoms with van der Waals surface area (Å²) in [6, 6.07) is 0. The zero-order valence-electron chi connectivity index (χ0n) is 39.2. The molecule has 0 saturated heterocycles. The van der Waals surface area contributed by atoms with E-state index in [-0.39, 0.29) is 0 Å². The summed E-state index contributed by atoms with van der Waals surface area (Å²) in [5, 5.41) is 0. The van der Waals surface area contributed by atoms with Crippen molar-refractivity contribution in [2.75, 3.05) is 192 Å². The highest BCUT2D eigenvalue weighted by molar-refractivity contribution is 4.50. The lowest BCUT2D eigenvalue weighted by Gasteiger charge is -2.10. The molecule has 0 heterocycles. The summed E-state index contributed by atoms with van der Waals surface area (Å²) >= 11 is 0. The van der Waals surface area contributed by atoms with E-state index in [9.17, 15) is 0 Å². The molecule has 0 spiro atoms. The molecule has 0 radical (unpaired) electrons. The first-order chi connectivity index (χ1) is 29.8. The molecular formula is C46H95NO13. The van der Waals surface area contributed by atoms with E-state index in [1.54, 1.807) is 0 Å². The molecular weight excluding hydrogens is 774 g/mol. The Morgan fingerprint density at radius 2 is 0.367 bits per heavy atom. The molecule has 14 nitrogen and oxygen atoms in total. The fourth-order valence-electron chi connectivity index (χ4n) is 5.74. The molecule has 0 amide bonds. The van der Waals surface area contributed by atoms with Crippen molar-refractivity contribution < 1.29 is 61.6 Å².